The van der Waals surface area contributed by atoms with E-state index in [1.54, 1.807) is 28.8 Å². The molecule has 1 aromatic heterocycles. The summed E-state index contributed by atoms with van der Waals surface area (Å²) in [5, 5.41) is 2.62. The summed E-state index contributed by atoms with van der Waals surface area (Å²) in [6.07, 6.45) is -2.88. The highest BCUT2D eigenvalue weighted by atomic mass is 32.2. The van der Waals surface area contributed by atoms with Crippen molar-refractivity contribution >= 4 is 34.3 Å². The van der Waals surface area contributed by atoms with Crippen LogP contribution in [-0.2, 0) is 11.0 Å². The number of para-hydroxylation sites is 2. The third-order valence-corrected chi connectivity index (χ3v) is 6.79. The maximum Gasteiger partial charge on any atom is 0.418 e. The van der Waals surface area contributed by atoms with Crippen LogP contribution in [0.1, 0.15) is 38.3 Å². The van der Waals surface area contributed by atoms with Crippen molar-refractivity contribution in [2.45, 2.75) is 49.3 Å². The normalized spacial score (nSPS) is 15.2. The van der Waals surface area contributed by atoms with Crippen LogP contribution in [0.15, 0.2) is 58.5 Å². The molecule has 0 radical (unpaired) electrons. The molecular weight excluding hydrogens is 439 g/mol. The van der Waals surface area contributed by atoms with Gasteiger partial charge in [0.05, 0.1) is 27.4 Å². The third-order valence-electron chi connectivity index (χ3n) is 5.27. The molecule has 1 heterocycles. The molecule has 2 aromatic carbocycles. The van der Waals surface area contributed by atoms with E-state index < -0.39 is 22.9 Å². The number of hydrogen-bond acceptors (Lipinski definition) is 4. The number of hydrogen-bond donors (Lipinski definition) is 1. The molecule has 1 unspecified atom stereocenters. The average molecular weight is 462 g/mol. The van der Waals surface area contributed by atoms with Gasteiger partial charge < -0.3 is 5.32 Å². The van der Waals surface area contributed by atoms with Gasteiger partial charge in [0, 0.05) is 6.04 Å². The smallest absolute Gasteiger partial charge is 0.325 e. The number of carbonyl (C=O) groups excluding carboxylic acids is 1. The van der Waals surface area contributed by atoms with Gasteiger partial charge in [0.1, 0.15) is 0 Å². The molecule has 0 aliphatic heterocycles. The summed E-state index contributed by atoms with van der Waals surface area (Å²) in [4.78, 5) is 30.8. The summed E-state index contributed by atoms with van der Waals surface area (Å²) >= 11 is 1.12. The number of halogens is 3. The number of rotatable bonds is 6. The van der Waals surface area contributed by atoms with Crippen LogP contribution >= 0.6 is 11.8 Å². The highest BCUT2D eigenvalue weighted by molar-refractivity contribution is 8.00. The number of carbonyl (C=O) groups is 1. The van der Waals surface area contributed by atoms with Crippen molar-refractivity contribution in [3.63, 3.8) is 0 Å². The Hall–Kier alpha value is -2.81. The first kappa shape index (κ1) is 22.4. The quantitative estimate of drug-likeness (QED) is 0.389. The Balaban J connectivity index is 1.68. The van der Waals surface area contributed by atoms with E-state index in [4.69, 9.17) is 0 Å². The largest absolute Gasteiger partial charge is 0.418 e. The number of aromatic nitrogens is 2. The van der Waals surface area contributed by atoms with Gasteiger partial charge in [-0.3, -0.25) is 14.2 Å². The van der Waals surface area contributed by atoms with Crippen LogP contribution in [0.4, 0.5) is 18.9 Å². The summed E-state index contributed by atoms with van der Waals surface area (Å²) in [6.45, 7) is 3.63. The zero-order valence-electron chi connectivity index (χ0n) is 17.5. The van der Waals surface area contributed by atoms with Crippen LogP contribution in [0.2, 0.25) is 0 Å². The zero-order valence-corrected chi connectivity index (χ0v) is 18.3. The van der Waals surface area contributed by atoms with Crippen molar-refractivity contribution in [3.05, 3.63) is 64.4 Å². The topological polar surface area (TPSA) is 64.0 Å². The van der Waals surface area contributed by atoms with E-state index >= 15 is 0 Å². The molecule has 5 nitrogen and oxygen atoms in total. The Morgan fingerprint density at radius 1 is 1.12 bits per heavy atom. The molecule has 1 saturated carbocycles. The molecule has 1 aliphatic carbocycles. The average Bonchev–Trinajstić information content (AvgIpc) is 3.56. The lowest BCUT2D eigenvalue weighted by molar-refractivity contribution is -0.137. The molecule has 0 saturated heterocycles. The molecular formula is C23H22F3N3O2S. The molecule has 9 heteroatoms. The molecule has 168 valence electrons. The lowest BCUT2D eigenvalue weighted by atomic mass is 10.1. The van der Waals surface area contributed by atoms with Crippen molar-refractivity contribution in [2.24, 2.45) is 5.92 Å². The summed E-state index contributed by atoms with van der Waals surface area (Å²) in [5.41, 5.74) is -0.824. The van der Waals surface area contributed by atoms with Gasteiger partial charge in [0.15, 0.2) is 5.16 Å². The van der Waals surface area contributed by atoms with Gasteiger partial charge in [-0.15, -0.1) is 0 Å². The lowest BCUT2D eigenvalue weighted by Gasteiger charge is -2.22. The second-order valence-electron chi connectivity index (χ2n) is 8.13. The minimum Gasteiger partial charge on any atom is -0.325 e. The predicted molar refractivity (Wildman–Crippen MR) is 119 cm³/mol. The van der Waals surface area contributed by atoms with E-state index in [2.05, 4.69) is 10.3 Å². The number of anilines is 1. The minimum absolute atomic E-state index is 0.0314. The third kappa shape index (κ3) is 4.53. The van der Waals surface area contributed by atoms with Gasteiger partial charge in [-0.25, -0.2) is 4.98 Å². The predicted octanol–water partition coefficient (Wildman–Crippen LogP) is 5.51. The number of thioether (sulfide) groups is 1. The number of nitrogens with one attached hydrogen (secondary N) is 1. The minimum atomic E-state index is -4.59. The van der Waals surface area contributed by atoms with Gasteiger partial charge in [-0.05, 0) is 43.0 Å². The highest BCUT2D eigenvalue weighted by Crippen LogP contribution is 2.39. The summed E-state index contributed by atoms with van der Waals surface area (Å²) in [5.74, 6) is -0.777. The van der Waals surface area contributed by atoms with Crippen LogP contribution in [0.25, 0.3) is 10.9 Å². The fourth-order valence-electron chi connectivity index (χ4n) is 3.51. The van der Waals surface area contributed by atoms with E-state index in [9.17, 15) is 22.8 Å². The fraction of sp³-hybridized carbons (Fsp3) is 0.348. The molecule has 1 fully saturated rings. The van der Waals surface area contributed by atoms with E-state index in [1.165, 1.54) is 18.2 Å². The van der Waals surface area contributed by atoms with Gasteiger partial charge in [-0.2, -0.15) is 13.2 Å². The molecule has 1 amide bonds. The standard InChI is InChI=1S/C23H22F3N3O2S/c1-13(2)19(20(30)27-18-10-6-4-8-16(18)23(24,25)26)32-22-28-17-9-5-3-7-15(17)21(31)29(22)14-11-12-14/h3-10,13-14,19H,11-12H2,1-2H3,(H,27,30). The first-order valence-corrected chi connectivity index (χ1v) is 11.2. The van der Waals surface area contributed by atoms with Crippen LogP contribution in [-0.4, -0.2) is 20.7 Å². The summed E-state index contributed by atoms with van der Waals surface area (Å²) < 4.78 is 41.7. The maximum absolute atomic E-state index is 13.3. The Morgan fingerprint density at radius 2 is 1.78 bits per heavy atom. The first-order chi connectivity index (χ1) is 15.2. The van der Waals surface area contributed by atoms with E-state index in [0.717, 1.165) is 30.7 Å². The Labute approximate surface area is 187 Å². The maximum atomic E-state index is 13.3. The van der Waals surface area contributed by atoms with Crippen LogP contribution < -0.4 is 10.9 Å². The molecule has 1 N–H and O–H groups in total. The summed E-state index contributed by atoms with van der Waals surface area (Å²) in [6, 6.07) is 11.9. The van der Waals surface area contributed by atoms with Crippen molar-refractivity contribution < 1.29 is 18.0 Å². The van der Waals surface area contributed by atoms with Gasteiger partial charge in [0.2, 0.25) is 5.91 Å². The Morgan fingerprint density at radius 3 is 2.44 bits per heavy atom. The van der Waals surface area contributed by atoms with Crippen molar-refractivity contribution in [3.8, 4) is 0 Å². The Kier molecular flexibility index (Phi) is 6.03. The van der Waals surface area contributed by atoms with Crippen LogP contribution in [0.3, 0.4) is 0 Å². The van der Waals surface area contributed by atoms with E-state index in [-0.39, 0.29) is 23.2 Å². The molecule has 3 aromatic rings. The van der Waals surface area contributed by atoms with Crippen molar-refractivity contribution in [2.75, 3.05) is 5.32 Å². The van der Waals surface area contributed by atoms with Gasteiger partial charge in [0.25, 0.3) is 5.56 Å². The number of fused-ring (bicyclic) bond motifs is 1. The van der Waals surface area contributed by atoms with Crippen LogP contribution in [0, 0.1) is 5.92 Å². The molecule has 0 bridgehead atoms. The second kappa shape index (κ2) is 8.61. The van der Waals surface area contributed by atoms with Crippen LogP contribution in [0.5, 0.6) is 0 Å². The number of amides is 1. The van der Waals surface area contributed by atoms with Crippen molar-refractivity contribution in [1.82, 2.24) is 9.55 Å². The van der Waals surface area contributed by atoms with Crippen molar-refractivity contribution in [1.29, 1.82) is 0 Å². The van der Waals surface area contributed by atoms with Gasteiger partial charge >= 0.3 is 6.18 Å². The number of nitrogens with zero attached hydrogens (tertiary/aromatic N) is 2. The molecule has 0 spiro atoms. The molecule has 4 rings (SSSR count). The SMILES string of the molecule is CC(C)C(Sc1nc2ccccc2c(=O)n1C1CC1)C(=O)Nc1ccccc1C(F)(F)F. The lowest BCUT2D eigenvalue weighted by Crippen LogP contribution is -2.32. The zero-order chi connectivity index (χ0) is 23.0. The monoisotopic (exact) mass is 461 g/mol. The molecule has 32 heavy (non-hydrogen) atoms. The first-order valence-electron chi connectivity index (χ1n) is 10.3. The molecule has 1 aliphatic rings. The van der Waals surface area contributed by atoms with Gasteiger partial charge in [-0.1, -0.05) is 49.9 Å². The fourth-order valence-corrected chi connectivity index (χ4v) is 4.67. The molecule has 1 atom stereocenters. The van der Waals surface area contributed by atoms with E-state index in [1.807, 2.05) is 13.8 Å². The van der Waals surface area contributed by atoms with E-state index in [0.29, 0.717) is 16.1 Å². The summed E-state index contributed by atoms with van der Waals surface area (Å²) in [7, 11) is 0. The second-order valence-corrected chi connectivity index (χ2v) is 9.24. The Bertz CT molecular complexity index is 1220. The number of alkyl halides is 3. The highest BCUT2D eigenvalue weighted by Gasteiger charge is 2.35. The number of benzene rings is 2.